The zero-order valence-corrected chi connectivity index (χ0v) is 12.6. The lowest BCUT2D eigenvalue weighted by Crippen LogP contribution is -2.25. The van der Waals surface area contributed by atoms with Gasteiger partial charge >= 0.3 is 0 Å². The lowest BCUT2D eigenvalue weighted by atomic mass is 9.85. The summed E-state index contributed by atoms with van der Waals surface area (Å²) >= 11 is 0. The topological polar surface area (TPSA) is 73.1 Å². The lowest BCUT2D eigenvalue weighted by molar-refractivity contribution is 0.117. The number of hydrogen-bond acceptors (Lipinski definition) is 5. The number of nitrogens with one attached hydrogen (secondary N) is 1. The standard InChI is InChI=1S/C15H26N4O/c1-3-8-17-13-10-14(19-15(16)18-13)20-12-7-5-6-11(4-2)9-12/h10-12H,3-9H2,1-2H3,(H3,16,17,18,19). The number of ether oxygens (including phenoxy) is 1. The minimum Gasteiger partial charge on any atom is -0.474 e. The first-order valence-electron chi connectivity index (χ1n) is 7.76. The van der Waals surface area contributed by atoms with Gasteiger partial charge in [-0.2, -0.15) is 9.97 Å². The summed E-state index contributed by atoms with van der Waals surface area (Å²) in [5, 5.41) is 3.22. The number of aromatic nitrogens is 2. The molecule has 112 valence electrons. The van der Waals surface area contributed by atoms with E-state index in [2.05, 4.69) is 29.1 Å². The average Bonchev–Trinajstić information content (AvgIpc) is 2.44. The monoisotopic (exact) mass is 278 g/mol. The molecule has 20 heavy (non-hydrogen) atoms. The zero-order chi connectivity index (χ0) is 14.4. The Bertz CT molecular complexity index is 424. The van der Waals surface area contributed by atoms with Crippen molar-refractivity contribution in [3.8, 4) is 5.88 Å². The van der Waals surface area contributed by atoms with Gasteiger partial charge in [-0.05, 0) is 31.6 Å². The van der Waals surface area contributed by atoms with Crippen LogP contribution >= 0.6 is 0 Å². The SMILES string of the molecule is CCCNc1cc(OC2CCCC(CC)C2)nc(N)n1. The van der Waals surface area contributed by atoms with Gasteiger partial charge in [-0.3, -0.25) is 0 Å². The molecule has 0 bridgehead atoms. The Labute approximate surface area is 121 Å². The summed E-state index contributed by atoms with van der Waals surface area (Å²) in [6.07, 6.45) is 7.34. The minimum absolute atomic E-state index is 0.266. The normalized spacial score (nSPS) is 22.5. The lowest BCUT2D eigenvalue weighted by Gasteiger charge is -2.28. The highest BCUT2D eigenvalue weighted by Gasteiger charge is 2.22. The Morgan fingerprint density at radius 3 is 2.95 bits per heavy atom. The maximum Gasteiger partial charge on any atom is 0.225 e. The number of nitrogen functional groups attached to an aromatic ring is 1. The van der Waals surface area contributed by atoms with Crippen LogP contribution in [0.15, 0.2) is 6.07 Å². The van der Waals surface area contributed by atoms with Crippen molar-refractivity contribution >= 4 is 11.8 Å². The van der Waals surface area contributed by atoms with Crippen LogP contribution < -0.4 is 15.8 Å². The second-order valence-corrected chi connectivity index (χ2v) is 5.56. The molecule has 0 radical (unpaired) electrons. The predicted octanol–water partition coefficient (Wildman–Crippen LogP) is 3.23. The summed E-state index contributed by atoms with van der Waals surface area (Å²) < 4.78 is 6.02. The van der Waals surface area contributed by atoms with Crippen molar-refractivity contribution in [1.29, 1.82) is 0 Å². The van der Waals surface area contributed by atoms with E-state index < -0.39 is 0 Å². The van der Waals surface area contributed by atoms with Crippen LogP contribution in [0, 0.1) is 5.92 Å². The minimum atomic E-state index is 0.266. The molecule has 1 fully saturated rings. The molecule has 0 amide bonds. The van der Waals surface area contributed by atoms with Crippen LogP contribution in [0.3, 0.4) is 0 Å². The Balaban J connectivity index is 1.99. The number of rotatable bonds is 6. The van der Waals surface area contributed by atoms with Crippen LogP contribution in [-0.4, -0.2) is 22.6 Å². The highest BCUT2D eigenvalue weighted by Crippen LogP contribution is 2.29. The summed E-state index contributed by atoms with van der Waals surface area (Å²) in [6.45, 7) is 5.24. The van der Waals surface area contributed by atoms with Gasteiger partial charge in [-0.25, -0.2) is 0 Å². The number of hydrogen-bond donors (Lipinski definition) is 2. The molecule has 5 nitrogen and oxygen atoms in total. The molecule has 0 aliphatic heterocycles. The van der Waals surface area contributed by atoms with Crippen molar-refractivity contribution in [3.63, 3.8) is 0 Å². The molecule has 1 aromatic heterocycles. The largest absolute Gasteiger partial charge is 0.474 e. The van der Waals surface area contributed by atoms with E-state index in [0.29, 0.717) is 5.88 Å². The summed E-state index contributed by atoms with van der Waals surface area (Å²) in [6, 6.07) is 1.85. The van der Waals surface area contributed by atoms with E-state index >= 15 is 0 Å². The van der Waals surface area contributed by atoms with Crippen LogP contribution in [0.2, 0.25) is 0 Å². The van der Waals surface area contributed by atoms with Gasteiger partial charge in [0.25, 0.3) is 0 Å². The highest BCUT2D eigenvalue weighted by atomic mass is 16.5. The molecule has 2 rings (SSSR count). The maximum atomic E-state index is 6.02. The molecule has 1 aliphatic carbocycles. The number of anilines is 2. The first kappa shape index (κ1) is 14.9. The summed E-state index contributed by atoms with van der Waals surface area (Å²) in [5.74, 6) is 2.39. The zero-order valence-electron chi connectivity index (χ0n) is 12.6. The fraction of sp³-hybridized carbons (Fsp3) is 0.733. The second kappa shape index (κ2) is 7.31. The molecule has 0 aromatic carbocycles. The van der Waals surface area contributed by atoms with Crippen molar-refractivity contribution < 1.29 is 4.74 Å². The van der Waals surface area contributed by atoms with Gasteiger partial charge in [0.2, 0.25) is 11.8 Å². The van der Waals surface area contributed by atoms with E-state index in [1.807, 2.05) is 6.07 Å². The third kappa shape index (κ3) is 4.25. The molecule has 1 heterocycles. The number of nitrogens with two attached hydrogens (primary N) is 1. The number of nitrogens with zero attached hydrogens (tertiary/aromatic N) is 2. The fourth-order valence-corrected chi connectivity index (χ4v) is 2.74. The van der Waals surface area contributed by atoms with Crippen LogP contribution in [0.5, 0.6) is 5.88 Å². The van der Waals surface area contributed by atoms with E-state index in [1.165, 1.54) is 19.3 Å². The van der Waals surface area contributed by atoms with Crippen LogP contribution in [-0.2, 0) is 0 Å². The van der Waals surface area contributed by atoms with Gasteiger partial charge < -0.3 is 15.8 Å². The van der Waals surface area contributed by atoms with Gasteiger partial charge in [0.1, 0.15) is 11.9 Å². The van der Waals surface area contributed by atoms with E-state index in [1.54, 1.807) is 0 Å². The van der Waals surface area contributed by atoms with E-state index in [4.69, 9.17) is 10.5 Å². The van der Waals surface area contributed by atoms with Crippen molar-refractivity contribution in [3.05, 3.63) is 6.07 Å². The smallest absolute Gasteiger partial charge is 0.225 e. The average molecular weight is 278 g/mol. The molecular weight excluding hydrogens is 252 g/mol. The molecule has 0 saturated heterocycles. The van der Waals surface area contributed by atoms with Gasteiger partial charge in [0, 0.05) is 12.6 Å². The summed E-state index contributed by atoms with van der Waals surface area (Å²) in [4.78, 5) is 8.36. The van der Waals surface area contributed by atoms with Crippen LogP contribution in [0.1, 0.15) is 52.4 Å². The molecule has 0 spiro atoms. The first-order chi connectivity index (χ1) is 9.71. The van der Waals surface area contributed by atoms with E-state index in [9.17, 15) is 0 Å². The molecule has 1 aromatic rings. The van der Waals surface area contributed by atoms with Gasteiger partial charge in [0.15, 0.2) is 0 Å². The molecule has 3 N–H and O–H groups in total. The Morgan fingerprint density at radius 2 is 2.20 bits per heavy atom. The van der Waals surface area contributed by atoms with Gasteiger partial charge in [-0.15, -0.1) is 0 Å². The summed E-state index contributed by atoms with van der Waals surface area (Å²) in [5.41, 5.74) is 5.75. The molecule has 2 atom stereocenters. The van der Waals surface area contributed by atoms with Gasteiger partial charge in [-0.1, -0.05) is 26.7 Å². The molecule has 1 aliphatic rings. The van der Waals surface area contributed by atoms with Crippen LogP contribution in [0.25, 0.3) is 0 Å². The fourth-order valence-electron chi connectivity index (χ4n) is 2.74. The second-order valence-electron chi connectivity index (χ2n) is 5.56. The third-order valence-corrected chi connectivity index (χ3v) is 3.88. The molecule has 2 unspecified atom stereocenters. The Hall–Kier alpha value is -1.52. The molecule has 5 heteroatoms. The van der Waals surface area contributed by atoms with Crippen molar-refractivity contribution in [2.24, 2.45) is 5.92 Å². The van der Waals surface area contributed by atoms with Gasteiger partial charge in [0.05, 0.1) is 0 Å². The third-order valence-electron chi connectivity index (χ3n) is 3.88. The van der Waals surface area contributed by atoms with Crippen molar-refractivity contribution in [2.45, 2.75) is 58.5 Å². The maximum absolute atomic E-state index is 6.02. The molecular formula is C15H26N4O. The van der Waals surface area contributed by atoms with Crippen molar-refractivity contribution in [1.82, 2.24) is 9.97 Å². The van der Waals surface area contributed by atoms with E-state index in [0.717, 1.165) is 37.5 Å². The first-order valence-corrected chi connectivity index (χ1v) is 7.76. The highest BCUT2D eigenvalue weighted by molar-refractivity contribution is 5.42. The Morgan fingerprint density at radius 1 is 1.35 bits per heavy atom. The predicted molar refractivity (Wildman–Crippen MR) is 81.9 cm³/mol. The quantitative estimate of drug-likeness (QED) is 0.835. The van der Waals surface area contributed by atoms with Crippen LogP contribution in [0.4, 0.5) is 11.8 Å². The molecule has 1 saturated carbocycles. The van der Waals surface area contributed by atoms with Crippen molar-refractivity contribution in [2.75, 3.05) is 17.6 Å². The Kier molecular flexibility index (Phi) is 5.44. The summed E-state index contributed by atoms with van der Waals surface area (Å²) in [7, 11) is 0. The van der Waals surface area contributed by atoms with E-state index in [-0.39, 0.29) is 12.1 Å².